The molecule has 1 fully saturated rings. The largest absolute Gasteiger partial charge is 0.361 e. The number of carbonyl (C=O) groups is 1. The molecule has 3 heterocycles. The maximum Gasteiger partial charge on any atom is 0.222 e. The predicted molar refractivity (Wildman–Crippen MR) is 102 cm³/mol. The molecule has 0 spiro atoms. The highest BCUT2D eigenvalue weighted by Gasteiger charge is 2.21. The van der Waals surface area contributed by atoms with Crippen molar-refractivity contribution in [3.05, 3.63) is 54.0 Å². The molecule has 0 saturated carbocycles. The van der Waals surface area contributed by atoms with Gasteiger partial charge in [-0.15, -0.1) is 0 Å². The lowest BCUT2D eigenvalue weighted by atomic mass is 10.1. The van der Waals surface area contributed by atoms with E-state index < -0.39 is 0 Å². The van der Waals surface area contributed by atoms with Crippen LogP contribution in [-0.4, -0.2) is 56.7 Å². The molecule has 1 aromatic carbocycles. The number of aromatic amines is 1. The summed E-state index contributed by atoms with van der Waals surface area (Å²) in [5.41, 5.74) is 3.59. The third-order valence-corrected chi connectivity index (χ3v) is 5.17. The summed E-state index contributed by atoms with van der Waals surface area (Å²) in [6.07, 6.45) is 7.37. The van der Waals surface area contributed by atoms with Crippen molar-refractivity contribution < 1.29 is 4.79 Å². The van der Waals surface area contributed by atoms with Crippen molar-refractivity contribution in [2.75, 3.05) is 26.2 Å². The molecule has 1 saturated heterocycles. The topological polar surface area (TPSA) is 57.2 Å². The molecule has 0 unspecified atom stereocenters. The van der Waals surface area contributed by atoms with Crippen molar-refractivity contribution in [3.8, 4) is 0 Å². The van der Waals surface area contributed by atoms with Crippen LogP contribution in [0.2, 0.25) is 0 Å². The Balaban J connectivity index is 1.27. The summed E-state index contributed by atoms with van der Waals surface area (Å²) >= 11 is 0. The van der Waals surface area contributed by atoms with Gasteiger partial charge in [-0.05, 0) is 18.1 Å². The SMILES string of the molecule is Cn1cc(CN2CCN(C(=O)CCc3c[nH]c4ccccc34)CC2)cn1. The van der Waals surface area contributed by atoms with Gasteiger partial charge in [0.25, 0.3) is 0 Å². The Morgan fingerprint density at radius 2 is 2.00 bits per heavy atom. The lowest BCUT2D eigenvalue weighted by molar-refractivity contribution is -0.132. The number of H-pyrrole nitrogens is 1. The van der Waals surface area contributed by atoms with Crippen molar-refractivity contribution in [1.29, 1.82) is 0 Å². The van der Waals surface area contributed by atoms with E-state index in [2.05, 4.69) is 33.3 Å². The fourth-order valence-corrected chi connectivity index (χ4v) is 3.71. The molecule has 6 heteroatoms. The molecular formula is C20H25N5O. The molecule has 26 heavy (non-hydrogen) atoms. The number of amides is 1. The monoisotopic (exact) mass is 351 g/mol. The predicted octanol–water partition coefficient (Wildman–Crippen LogP) is 2.18. The summed E-state index contributed by atoms with van der Waals surface area (Å²) < 4.78 is 1.83. The minimum Gasteiger partial charge on any atom is -0.361 e. The summed E-state index contributed by atoms with van der Waals surface area (Å²) in [5.74, 6) is 0.260. The minimum atomic E-state index is 0.260. The fourth-order valence-electron chi connectivity index (χ4n) is 3.71. The number of aryl methyl sites for hydroxylation is 2. The maximum atomic E-state index is 12.6. The van der Waals surface area contributed by atoms with Crippen LogP contribution in [0.25, 0.3) is 10.9 Å². The number of nitrogens with zero attached hydrogens (tertiary/aromatic N) is 4. The molecular weight excluding hydrogens is 326 g/mol. The van der Waals surface area contributed by atoms with Gasteiger partial charge in [0.1, 0.15) is 0 Å². The third-order valence-electron chi connectivity index (χ3n) is 5.17. The van der Waals surface area contributed by atoms with Gasteiger partial charge in [-0.25, -0.2) is 0 Å². The number of hydrogen-bond acceptors (Lipinski definition) is 3. The number of nitrogens with one attached hydrogen (secondary N) is 1. The van der Waals surface area contributed by atoms with Crippen molar-refractivity contribution >= 4 is 16.8 Å². The number of fused-ring (bicyclic) bond motifs is 1. The van der Waals surface area contributed by atoms with E-state index in [9.17, 15) is 4.79 Å². The van der Waals surface area contributed by atoms with Crippen LogP contribution in [0.5, 0.6) is 0 Å². The summed E-state index contributed by atoms with van der Waals surface area (Å²) in [7, 11) is 1.94. The van der Waals surface area contributed by atoms with Crippen molar-refractivity contribution in [2.45, 2.75) is 19.4 Å². The highest BCUT2D eigenvalue weighted by atomic mass is 16.2. The van der Waals surface area contributed by atoms with Crippen LogP contribution in [0.1, 0.15) is 17.5 Å². The maximum absolute atomic E-state index is 12.6. The van der Waals surface area contributed by atoms with Crippen LogP contribution in [0, 0.1) is 0 Å². The van der Waals surface area contributed by atoms with E-state index in [-0.39, 0.29) is 5.91 Å². The molecule has 0 radical (unpaired) electrons. The minimum absolute atomic E-state index is 0.260. The highest BCUT2D eigenvalue weighted by Crippen LogP contribution is 2.19. The zero-order valence-corrected chi connectivity index (χ0v) is 15.2. The number of hydrogen-bond donors (Lipinski definition) is 1. The first-order valence-corrected chi connectivity index (χ1v) is 9.22. The quantitative estimate of drug-likeness (QED) is 0.766. The van der Waals surface area contributed by atoms with E-state index in [1.54, 1.807) is 0 Å². The lowest BCUT2D eigenvalue weighted by Gasteiger charge is -2.34. The molecule has 4 rings (SSSR count). The Morgan fingerprint density at radius 1 is 1.19 bits per heavy atom. The molecule has 1 aliphatic rings. The number of aromatic nitrogens is 3. The number of piperazine rings is 1. The van der Waals surface area contributed by atoms with E-state index in [1.165, 1.54) is 16.5 Å². The molecule has 6 nitrogen and oxygen atoms in total. The van der Waals surface area contributed by atoms with Gasteiger partial charge in [0.15, 0.2) is 0 Å². The van der Waals surface area contributed by atoms with Gasteiger partial charge >= 0.3 is 0 Å². The normalized spacial score (nSPS) is 15.7. The average molecular weight is 351 g/mol. The Kier molecular flexibility index (Phi) is 4.75. The summed E-state index contributed by atoms with van der Waals surface area (Å²) in [6, 6.07) is 8.26. The Labute approximate surface area is 153 Å². The van der Waals surface area contributed by atoms with Gasteiger partial charge < -0.3 is 9.88 Å². The Morgan fingerprint density at radius 3 is 2.77 bits per heavy atom. The second kappa shape index (κ2) is 7.33. The molecule has 0 atom stereocenters. The van der Waals surface area contributed by atoms with Gasteiger partial charge in [-0.2, -0.15) is 5.10 Å². The molecule has 1 amide bonds. The van der Waals surface area contributed by atoms with Gasteiger partial charge in [-0.1, -0.05) is 18.2 Å². The smallest absolute Gasteiger partial charge is 0.222 e. The molecule has 2 aromatic heterocycles. The molecule has 136 valence electrons. The summed E-state index contributed by atoms with van der Waals surface area (Å²) in [5, 5.41) is 5.44. The molecule has 0 bridgehead atoms. The Hall–Kier alpha value is -2.60. The van der Waals surface area contributed by atoms with E-state index in [0.717, 1.165) is 44.7 Å². The first-order valence-electron chi connectivity index (χ1n) is 9.22. The number of para-hydroxylation sites is 1. The van der Waals surface area contributed by atoms with Crippen LogP contribution in [0.3, 0.4) is 0 Å². The third kappa shape index (κ3) is 3.65. The molecule has 3 aromatic rings. The fraction of sp³-hybridized carbons (Fsp3) is 0.400. The molecule has 0 aliphatic carbocycles. The van der Waals surface area contributed by atoms with Gasteiger partial charge in [0.05, 0.1) is 6.20 Å². The van der Waals surface area contributed by atoms with Crippen molar-refractivity contribution in [2.24, 2.45) is 7.05 Å². The number of rotatable bonds is 5. The van der Waals surface area contributed by atoms with Crippen molar-refractivity contribution in [3.63, 3.8) is 0 Å². The van der Waals surface area contributed by atoms with Gasteiger partial charge in [0, 0.05) is 75.1 Å². The summed E-state index contributed by atoms with van der Waals surface area (Å²) in [4.78, 5) is 20.3. The van der Waals surface area contributed by atoms with E-state index in [0.29, 0.717) is 6.42 Å². The van der Waals surface area contributed by atoms with E-state index >= 15 is 0 Å². The lowest BCUT2D eigenvalue weighted by Crippen LogP contribution is -2.48. The van der Waals surface area contributed by atoms with Crippen LogP contribution in [-0.2, 0) is 24.8 Å². The second-order valence-corrected chi connectivity index (χ2v) is 7.04. The zero-order chi connectivity index (χ0) is 17.9. The molecule has 1 N–H and O–H groups in total. The van der Waals surface area contributed by atoms with E-state index in [1.807, 2.05) is 41.2 Å². The van der Waals surface area contributed by atoms with Crippen LogP contribution in [0.4, 0.5) is 0 Å². The van der Waals surface area contributed by atoms with Crippen LogP contribution >= 0.6 is 0 Å². The van der Waals surface area contributed by atoms with Gasteiger partial charge in [-0.3, -0.25) is 14.4 Å². The highest BCUT2D eigenvalue weighted by molar-refractivity contribution is 5.84. The number of carbonyl (C=O) groups excluding carboxylic acids is 1. The number of benzene rings is 1. The van der Waals surface area contributed by atoms with E-state index in [4.69, 9.17) is 0 Å². The first kappa shape index (κ1) is 16.8. The first-order chi connectivity index (χ1) is 12.7. The van der Waals surface area contributed by atoms with Crippen LogP contribution < -0.4 is 0 Å². The standard InChI is InChI=1S/C20H25N5O/c1-23-14-16(12-22-23)15-24-8-10-25(11-9-24)20(26)7-6-17-13-21-19-5-3-2-4-18(17)19/h2-5,12-14,21H,6-11,15H2,1H3. The summed E-state index contributed by atoms with van der Waals surface area (Å²) in [6.45, 7) is 4.38. The average Bonchev–Trinajstić information content (AvgIpc) is 3.26. The van der Waals surface area contributed by atoms with Gasteiger partial charge in [0.2, 0.25) is 5.91 Å². The second-order valence-electron chi connectivity index (χ2n) is 7.04. The zero-order valence-electron chi connectivity index (χ0n) is 15.2. The van der Waals surface area contributed by atoms with Crippen LogP contribution in [0.15, 0.2) is 42.9 Å². The molecule has 1 aliphatic heterocycles. The Bertz CT molecular complexity index is 888. The van der Waals surface area contributed by atoms with Crippen molar-refractivity contribution in [1.82, 2.24) is 24.6 Å².